The Morgan fingerprint density at radius 2 is 0.525 bits per heavy atom. The molecule has 0 fully saturated rings. The molecule has 2 aliphatic rings. The van der Waals surface area contributed by atoms with E-state index in [0.717, 1.165) is 0 Å². The summed E-state index contributed by atoms with van der Waals surface area (Å²) in [6, 6.07) is 127. The molecule has 16 aromatic rings. The van der Waals surface area contributed by atoms with Crippen molar-refractivity contribution in [3.63, 3.8) is 0 Å². The van der Waals surface area contributed by atoms with Gasteiger partial charge in [-0.2, -0.15) is 0 Å². The van der Waals surface area contributed by atoms with Crippen LogP contribution in [-0.4, -0.2) is 0 Å². The van der Waals surface area contributed by atoms with Gasteiger partial charge >= 0.3 is 0 Å². The maximum absolute atomic E-state index is 2.53. The Kier molecular flexibility index (Phi) is 28.9. The number of benzene rings is 16. The molecule has 16 aromatic carbocycles. The molecular formula is C121H125N. The fraction of sp³-hybridized carbons (Fsp3) is 0.240. The highest BCUT2D eigenvalue weighted by Gasteiger charge is 2.42. The van der Waals surface area contributed by atoms with E-state index in [0.29, 0.717) is 5.92 Å². The molecule has 1 heteroatoms. The first-order chi connectivity index (χ1) is 59.5. The summed E-state index contributed by atoms with van der Waals surface area (Å²) >= 11 is 0. The van der Waals surface area contributed by atoms with E-state index in [1.807, 2.05) is 6.07 Å². The van der Waals surface area contributed by atoms with Crippen molar-refractivity contribution >= 4 is 38.6 Å². The lowest BCUT2D eigenvalue weighted by atomic mass is 9.70. The molecule has 2 aliphatic carbocycles. The Balaban J connectivity index is 0.000000138. The Morgan fingerprint density at radius 3 is 0.893 bits per heavy atom. The number of nitrogens with zero attached hydrogens (tertiary/aromatic N) is 1. The number of fused-ring (bicyclic) bond motifs is 7. The van der Waals surface area contributed by atoms with Crippen molar-refractivity contribution in [1.29, 1.82) is 0 Å². The predicted octanol–water partition coefficient (Wildman–Crippen LogP) is 35.5. The lowest BCUT2D eigenvalue weighted by Crippen LogP contribution is -2.25. The molecule has 0 heterocycles. The van der Waals surface area contributed by atoms with Crippen molar-refractivity contribution < 1.29 is 0 Å². The third-order valence-electron chi connectivity index (χ3n) is 25.3. The minimum absolute atomic E-state index is 0.234. The average Bonchev–Trinajstić information content (AvgIpc) is 1.49. The number of unbranched alkanes of at least 4 members (excludes halogenated alkanes) is 10. The molecule has 0 unspecified atom stereocenters. The van der Waals surface area contributed by atoms with Crippen molar-refractivity contribution in [2.24, 2.45) is 0 Å². The quantitative estimate of drug-likeness (QED) is 0.0577. The molecule has 614 valence electrons. The summed E-state index contributed by atoms with van der Waals surface area (Å²) in [7, 11) is 0. The van der Waals surface area contributed by atoms with Crippen LogP contribution in [0.4, 0.5) is 17.1 Å². The van der Waals surface area contributed by atoms with E-state index >= 15 is 0 Å². The van der Waals surface area contributed by atoms with Gasteiger partial charge in [-0.3, -0.25) is 0 Å². The molecule has 0 N–H and O–H groups in total. The maximum atomic E-state index is 2.53. The fourth-order valence-electron chi connectivity index (χ4n) is 18.6. The van der Waals surface area contributed by atoms with Crippen LogP contribution in [0.3, 0.4) is 0 Å². The molecule has 0 radical (unpaired) electrons. The van der Waals surface area contributed by atoms with Gasteiger partial charge in [-0.1, -0.05) is 463 Å². The Bertz CT molecular complexity index is 5740. The van der Waals surface area contributed by atoms with Crippen LogP contribution in [0.15, 0.2) is 346 Å². The van der Waals surface area contributed by atoms with Crippen LogP contribution in [0.5, 0.6) is 0 Å². The van der Waals surface area contributed by atoms with Crippen LogP contribution in [0.1, 0.15) is 194 Å². The highest BCUT2D eigenvalue weighted by atomic mass is 15.1. The van der Waals surface area contributed by atoms with E-state index in [9.17, 15) is 0 Å². The normalized spacial score (nSPS) is 11.8. The van der Waals surface area contributed by atoms with Crippen LogP contribution in [0, 0.1) is 69.2 Å². The summed E-state index contributed by atoms with van der Waals surface area (Å²) in [5.41, 5.74) is 41.5. The van der Waals surface area contributed by atoms with Crippen LogP contribution in [0.2, 0.25) is 0 Å². The average molecular weight is 1590 g/mol. The first-order valence-corrected chi connectivity index (χ1v) is 45.3. The van der Waals surface area contributed by atoms with Gasteiger partial charge in [0.15, 0.2) is 0 Å². The minimum Gasteiger partial charge on any atom is -0.311 e. The van der Waals surface area contributed by atoms with E-state index < -0.39 is 0 Å². The lowest BCUT2D eigenvalue weighted by Gasteiger charge is -2.33. The van der Waals surface area contributed by atoms with Gasteiger partial charge in [0, 0.05) is 28.4 Å². The molecule has 0 saturated heterocycles. The van der Waals surface area contributed by atoms with Crippen molar-refractivity contribution in [2.75, 3.05) is 4.90 Å². The fourth-order valence-corrected chi connectivity index (χ4v) is 18.6. The van der Waals surface area contributed by atoms with Gasteiger partial charge in [0.05, 0.1) is 0 Å². The largest absolute Gasteiger partial charge is 0.311 e. The Labute approximate surface area is 731 Å². The molecule has 0 aliphatic heterocycles. The molecule has 0 atom stereocenters. The Hall–Kier alpha value is -12.2. The van der Waals surface area contributed by atoms with Crippen LogP contribution < -0.4 is 4.90 Å². The second-order valence-electron chi connectivity index (χ2n) is 34.8. The number of aryl methyl sites for hydroxylation is 10. The third-order valence-corrected chi connectivity index (χ3v) is 25.3. The molecule has 0 amide bonds. The summed E-state index contributed by atoms with van der Waals surface area (Å²) in [6.45, 7) is 28.4. The molecule has 122 heavy (non-hydrogen) atoms. The van der Waals surface area contributed by atoms with Crippen LogP contribution in [0.25, 0.3) is 99.4 Å². The first kappa shape index (κ1) is 86.2. The predicted molar refractivity (Wildman–Crippen MR) is 532 cm³/mol. The maximum Gasteiger partial charge on any atom is 0.0461 e. The van der Waals surface area contributed by atoms with Crippen LogP contribution in [-0.2, 0) is 5.41 Å². The van der Waals surface area contributed by atoms with Gasteiger partial charge in [0.1, 0.15) is 0 Å². The summed E-state index contributed by atoms with van der Waals surface area (Å²) in [5, 5.41) is 5.24. The second kappa shape index (κ2) is 40.9. The zero-order valence-corrected chi connectivity index (χ0v) is 74.8. The zero-order valence-electron chi connectivity index (χ0n) is 74.8. The molecule has 18 rings (SSSR count). The van der Waals surface area contributed by atoms with E-state index in [-0.39, 0.29) is 5.41 Å². The topological polar surface area (TPSA) is 3.24 Å². The molecule has 0 aromatic heterocycles. The van der Waals surface area contributed by atoms with Crippen molar-refractivity contribution in [1.82, 2.24) is 0 Å². The van der Waals surface area contributed by atoms with Crippen molar-refractivity contribution in [3.05, 3.63) is 424 Å². The van der Waals surface area contributed by atoms with Gasteiger partial charge in [0.2, 0.25) is 0 Å². The summed E-state index contributed by atoms with van der Waals surface area (Å²) in [4.78, 5) is 2.28. The number of anilines is 3. The van der Waals surface area contributed by atoms with E-state index in [1.54, 1.807) is 11.1 Å². The van der Waals surface area contributed by atoms with E-state index in [4.69, 9.17) is 0 Å². The van der Waals surface area contributed by atoms with Crippen molar-refractivity contribution in [2.45, 2.75) is 191 Å². The molecule has 0 spiro atoms. The van der Waals surface area contributed by atoms with Gasteiger partial charge < -0.3 is 4.90 Å². The highest BCUT2D eigenvalue weighted by Crippen LogP contribution is 2.60. The summed E-state index contributed by atoms with van der Waals surface area (Å²) in [5.74, 6) is 0.473. The monoisotopic (exact) mass is 1590 g/mol. The molecular weight excluding hydrogens is 1470 g/mol. The number of hydrogen-bond acceptors (Lipinski definition) is 1. The highest BCUT2D eigenvalue weighted by molar-refractivity contribution is 6.30. The first-order valence-electron chi connectivity index (χ1n) is 45.3. The van der Waals surface area contributed by atoms with E-state index in [1.165, 1.54) is 273 Å². The lowest BCUT2D eigenvalue weighted by molar-refractivity contribution is 0.397. The van der Waals surface area contributed by atoms with E-state index in [2.05, 4.69) is 435 Å². The van der Waals surface area contributed by atoms with Gasteiger partial charge in [-0.05, 0) is 240 Å². The summed E-state index contributed by atoms with van der Waals surface area (Å²) < 4.78 is 0. The minimum atomic E-state index is 0.234. The van der Waals surface area contributed by atoms with Gasteiger partial charge in [-0.25, -0.2) is 0 Å². The standard InChI is InChI=1S/C46H32.C31H46.C20H19N.C16H18.C8H10/c1-29-17-21-33(22-18-29)41-37-15-9-10-16-38(37)42(34-23-19-30(2)20-24-34)46-40-28-26-36(32-13-7-4-8-14-32)43-35(31-11-5-3-6-12-31)25-27-39(44(40)43)45(41)46;1-5-7-9-11-13-15-21-31(22-16-14-12-10-8-6-2)29-23-25(3)17-19-27(29)28-20-18-26(4)24-30(28)31;1-16-8-12-19(13-9-16)21(18-6-4-3-5-7-18)20-14-10-17(2)11-15-20;1-12-4-8-15(9-5-12)14(3)16-10-6-13(2)7-11-16;1-7-4-3-5-8(2)6-7/h3-28H,1-2H3;17-20,23-24H,5-16,21-22H2,1-4H3;3-15H,1-2H3;4-11,14H,1-3H3;3-6H,1-2H3. The third kappa shape index (κ3) is 20.2. The molecule has 1 nitrogen and oxygen atoms in total. The number of rotatable bonds is 23. The van der Waals surface area contributed by atoms with Crippen LogP contribution >= 0.6 is 0 Å². The molecule has 0 bridgehead atoms. The summed E-state index contributed by atoms with van der Waals surface area (Å²) in [6.07, 6.45) is 19.2. The van der Waals surface area contributed by atoms with Gasteiger partial charge in [-0.15, -0.1) is 0 Å². The Morgan fingerprint density at radius 1 is 0.230 bits per heavy atom. The number of para-hydroxylation sites is 1. The van der Waals surface area contributed by atoms with Gasteiger partial charge in [0.25, 0.3) is 0 Å². The second-order valence-corrected chi connectivity index (χ2v) is 34.8. The SMILES string of the molecule is CCCCCCCCC1(CCCCCCCC)c2cc(C)ccc2-c2ccc(C)cc21.Cc1ccc(-c2c3c(c(-c4ccc(C)cc4)c4ccccc24)-c2ccc(-c4ccccc4)c4c(-c5ccccc5)ccc-3c24)cc1.Cc1ccc(C(C)c2ccc(C)cc2)cc1.Cc1ccc(N(c2ccccc2)c2ccc(C)cc2)cc1.Cc1cccc(C)c1. The smallest absolute Gasteiger partial charge is 0.0461 e. The van der Waals surface area contributed by atoms with Crippen molar-refractivity contribution in [3.8, 4) is 77.9 Å². The zero-order chi connectivity index (χ0) is 85.1. The molecule has 0 saturated carbocycles. The number of hydrogen-bond donors (Lipinski definition) is 0.